The van der Waals surface area contributed by atoms with Crippen molar-refractivity contribution in [2.75, 3.05) is 7.11 Å². The van der Waals surface area contributed by atoms with E-state index in [1.165, 1.54) is 19.2 Å². The van der Waals surface area contributed by atoms with E-state index in [0.29, 0.717) is 5.75 Å². The molecule has 76 valence electrons. The van der Waals surface area contributed by atoms with Crippen LogP contribution in [-0.2, 0) is 11.1 Å². The first-order chi connectivity index (χ1) is 6.56. The highest BCUT2D eigenvalue weighted by molar-refractivity contribution is 7.79. The highest BCUT2D eigenvalue weighted by Gasteiger charge is 2.07. The Kier molecular flexibility index (Phi) is 3.62. The maximum atomic E-state index is 10.8. The van der Waals surface area contributed by atoms with Crippen LogP contribution in [0.3, 0.4) is 0 Å². The van der Waals surface area contributed by atoms with Crippen LogP contribution in [0.5, 0.6) is 5.75 Å². The van der Waals surface area contributed by atoms with Gasteiger partial charge in [0.2, 0.25) is 0 Å². The molecule has 0 bridgehead atoms. The lowest BCUT2D eigenvalue weighted by Crippen LogP contribution is -2.00. The fraction of sp³-hybridized carbons (Fsp3) is 0.125. The van der Waals surface area contributed by atoms with Gasteiger partial charge in [-0.1, -0.05) is 11.6 Å². The van der Waals surface area contributed by atoms with Gasteiger partial charge < -0.3 is 9.29 Å². The lowest BCUT2D eigenvalue weighted by atomic mass is 10.2. The van der Waals surface area contributed by atoms with Crippen molar-refractivity contribution in [1.82, 2.24) is 0 Å². The Labute approximate surface area is 88.6 Å². The van der Waals surface area contributed by atoms with Gasteiger partial charge in [-0.05, 0) is 29.3 Å². The standard InChI is InChI=1S/C8H8ClNO3S/c1-13-5-2-3-6(8(9)10)7(4-5)14(11)12/h2-4,10H,1H3,(H,11,12)/p-1. The summed E-state index contributed by atoms with van der Waals surface area (Å²) < 4.78 is 26.4. The Morgan fingerprint density at radius 3 is 2.71 bits per heavy atom. The third kappa shape index (κ3) is 2.31. The summed E-state index contributed by atoms with van der Waals surface area (Å²) in [5.74, 6) is 0.408. The Morgan fingerprint density at radius 1 is 1.64 bits per heavy atom. The van der Waals surface area contributed by atoms with Crippen molar-refractivity contribution in [2.45, 2.75) is 4.90 Å². The summed E-state index contributed by atoms with van der Waals surface area (Å²) in [6.45, 7) is 0. The molecule has 0 aliphatic heterocycles. The Morgan fingerprint density at radius 2 is 2.29 bits per heavy atom. The first-order valence-electron chi connectivity index (χ1n) is 3.58. The molecular weight excluding hydrogens is 226 g/mol. The van der Waals surface area contributed by atoms with Crippen LogP contribution in [0.2, 0.25) is 0 Å². The van der Waals surface area contributed by atoms with Gasteiger partial charge in [0.05, 0.1) is 7.11 Å². The second-order valence-electron chi connectivity index (χ2n) is 2.41. The highest BCUT2D eigenvalue weighted by atomic mass is 35.5. The first kappa shape index (κ1) is 11.2. The maximum absolute atomic E-state index is 10.8. The summed E-state index contributed by atoms with van der Waals surface area (Å²) in [6.07, 6.45) is 0. The number of benzene rings is 1. The Hall–Kier alpha value is -0.910. The predicted octanol–water partition coefficient (Wildman–Crippen LogP) is 1.50. The van der Waals surface area contributed by atoms with Gasteiger partial charge in [0, 0.05) is 10.5 Å². The lowest BCUT2D eigenvalue weighted by molar-refractivity contribution is 0.413. The zero-order valence-electron chi connectivity index (χ0n) is 7.24. The van der Waals surface area contributed by atoms with Crippen molar-refractivity contribution >= 4 is 27.9 Å². The van der Waals surface area contributed by atoms with E-state index in [-0.39, 0.29) is 15.6 Å². The van der Waals surface area contributed by atoms with Crippen LogP contribution < -0.4 is 4.74 Å². The molecule has 0 aromatic heterocycles. The molecule has 1 aromatic carbocycles. The van der Waals surface area contributed by atoms with Crippen molar-refractivity contribution in [2.24, 2.45) is 0 Å². The fourth-order valence-electron chi connectivity index (χ4n) is 0.949. The second kappa shape index (κ2) is 4.54. The molecule has 0 heterocycles. The summed E-state index contributed by atoms with van der Waals surface area (Å²) in [4.78, 5) is -0.0376. The number of nitrogens with one attached hydrogen (secondary N) is 1. The summed E-state index contributed by atoms with van der Waals surface area (Å²) in [5.41, 5.74) is 0.167. The third-order valence-electron chi connectivity index (χ3n) is 1.60. The number of hydrogen-bond donors (Lipinski definition) is 1. The largest absolute Gasteiger partial charge is 0.768 e. The van der Waals surface area contributed by atoms with Crippen LogP contribution in [0.25, 0.3) is 0 Å². The van der Waals surface area contributed by atoms with Gasteiger partial charge in [-0.2, -0.15) is 0 Å². The minimum Gasteiger partial charge on any atom is -0.768 e. The number of hydrogen-bond acceptors (Lipinski definition) is 4. The summed E-state index contributed by atoms with van der Waals surface area (Å²) in [6, 6.07) is 4.29. The van der Waals surface area contributed by atoms with Crippen molar-refractivity contribution in [3.8, 4) is 5.75 Å². The molecule has 1 atom stereocenters. The SMILES string of the molecule is COc1ccc(C(=N)Cl)c(S(=O)[O-])c1. The van der Waals surface area contributed by atoms with Crippen LogP contribution in [0.4, 0.5) is 0 Å². The minimum atomic E-state index is -2.43. The molecule has 0 saturated carbocycles. The number of halogens is 1. The molecule has 0 amide bonds. The molecule has 1 N–H and O–H groups in total. The first-order valence-corrected chi connectivity index (χ1v) is 5.03. The van der Waals surface area contributed by atoms with Crippen LogP contribution in [0.1, 0.15) is 5.56 Å². The molecule has 0 radical (unpaired) electrons. The van der Waals surface area contributed by atoms with Gasteiger partial charge in [-0.15, -0.1) is 0 Å². The van der Waals surface area contributed by atoms with Crippen molar-refractivity contribution < 1.29 is 13.5 Å². The van der Waals surface area contributed by atoms with Crippen LogP contribution >= 0.6 is 11.6 Å². The van der Waals surface area contributed by atoms with E-state index in [1.54, 1.807) is 6.07 Å². The molecule has 1 unspecified atom stereocenters. The third-order valence-corrected chi connectivity index (χ3v) is 2.51. The molecule has 14 heavy (non-hydrogen) atoms. The minimum absolute atomic E-state index is 0.0376. The van der Waals surface area contributed by atoms with E-state index < -0.39 is 11.1 Å². The average Bonchev–Trinajstić information content (AvgIpc) is 2.16. The number of ether oxygens (including phenoxy) is 1. The molecular formula is C8H7ClNO3S-. The van der Waals surface area contributed by atoms with Crippen molar-refractivity contribution in [3.05, 3.63) is 23.8 Å². The number of rotatable bonds is 3. The molecule has 0 aliphatic carbocycles. The highest BCUT2D eigenvalue weighted by Crippen LogP contribution is 2.21. The summed E-state index contributed by atoms with van der Waals surface area (Å²) >= 11 is 2.99. The molecule has 0 fully saturated rings. The molecule has 0 spiro atoms. The Balaban J connectivity index is 3.31. The van der Waals surface area contributed by atoms with Gasteiger partial charge in [0.25, 0.3) is 0 Å². The van der Waals surface area contributed by atoms with E-state index in [2.05, 4.69) is 0 Å². The molecule has 1 rings (SSSR count). The summed E-state index contributed by atoms with van der Waals surface area (Å²) in [5, 5.41) is 6.84. The lowest BCUT2D eigenvalue weighted by Gasteiger charge is -2.11. The van der Waals surface area contributed by atoms with Gasteiger partial charge in [-0.3, -0.25) is 9.62 Å². The van der Waals surface area contributed by atoms with Gasteiger partial charge >= 0.3 is 0 Å². The zero-order chi connectivity index (χ0) is 10.7. The molecule has 4 nitrogen and oxygen atoms in total. The normalized spacial score (nSPS) is 12.2. The smallest absolute Gasteiger partial charge is 0.129 e. The maximum Gasteiger partial charge on any atom is 0.129 e. The zero-order valence-corrected chi connectivity index (χ0v) is 8.82. The topological polar surface area (TPSA) is 73.2 Å². The van der Waals surface area contributed by atoms with E-state index in [1.807, 2.05) is 0 Å². The predicted molar refractivity (Wildman–Crippen MR) is 52.9 cm³/mol. The van der Waals surface area contributed by atoms with Gasteiger partial charge in [-0.25, -0.2) is 0 Å². The van der Waals surface area contributed by atoms with Gasteiger partial charge in [0.15, 0.2) is 0 Å². The fourth-order valence-corrected chi connectivity index (χ4v) is 1.73. The van der Waals surface area contributed by atoms with Crippen molar-refractivity contribution in [1.29, 1.82) is 5.41 Å². The number of methoxy groups -OCH3 is 1. The molecule has 0 saturated heterocycles. The molecule has 6 heteroatoms. The average molecular weight is 233 g/mol. The van der Waals surface area contributed by atoms with E-state index in [9.17, 15) is 8.76 Å². The Bertz CT molecular complexity index is 394. The summed E-state index contributed by atoms with van der Waals surface area (Å²) in [7, 11) is 1.43. The van der Waals surface area contributed by atoms with Crippen molar-refractivity contribution in [3.63, 3.8) is 0 Å². The van der Waals surface area contributed by atoms with Gasteiger partial charge in [0.1, 0.15) is 10.9 Å². The van der Waals surface area contributed by atoms with E-state index >= 15 is 0 Å². The van der Waals surface area contributed by atoms with Crippen LogP contribution in [0.15, 0.2) is 23.1 Å². The monoisotopic (exact) mass is 232 g/mol. The van der Waals surface area contributed by atoms with Crippen LogP contribution in [-0.4, -0.2) is 21.0 Å². The van der Waals surface area contributed by atoms with E-state index in [4.69, 9.17) is 21.7 Å². The molecule has 0 aliphatic rings. The second-order valence-corrected chi connectivity index (χ2v) is 3.70. The van der Waals surface area contributed by atoms with E-state index in [0.717, 1.165) is 0 Å². The molecule has 1 aromatic rings. The quantitative estimate of drug-likeness (QED) is 0.634. The van der Waals surface area contributed by atoms with Crippen LogP contribution in [0, 0.1) is 5.41 Å².